The van der Waals surface area contributed by atoms with E-state index in [0.29, 0.717) is 0 Å². The lowest BCUT2D eigenvalue weighted by Gasteiger charge is -2.13. The minimum atomic E-state index is -2.68. The molecule has 0 rings (SSSR count). The number of Topliss-reactive ketones (excluding diaryl/α,β-unsaturated/α-hetero) is 1. The maximum absolute atomic E-state index is 12.8. The molecule has 4 heteroatoms. The van der Waals surface area contributed by atoms with E-state index < -0.39 is 17.4 Å². The summed E-state index contributed by atoms with van der Waals surface area (Å²) in [4.78, 5) is 20.5. The topological polar surface area (TPSA) is 54.4 Å². The van der Waals surface area contributed by atoms with Crippen molar-refractivity contribution in [1.29, 1.82) is 0 Å². The molecule has 3 nitrogen and oxygen atoms in total. The van der Waals surface area contributed by atoms with Gasteiger partial charge in [-0.1, -0.05) is 6.92 Å². The number of alkyl halides is 1. The predicted octanol–water partition coefficient (Wildman–Crippen LogP) is 0.778. The number of halogens is 1. The third-order valence-electron chi connectivity index (χ3n) is 1.38. The second kappa shape index (κ2) is 2.77. The van der Waals surface area contributed by atoms with Gasteiger partial charge in [0.1, 0.15) is 0 Å². The molecule has 10 heavy (non-hydrogen) atoms. The Balaban J connectivity index is 4.55. The second-order valence-corrected chi connectivity index (χ2v) is 2.02. The zero-order valence-electron chi connectivity index (χ0n) is 5.85. The molecule has 0 amide bonds. The molecule has 1 unspecified atom stereocenters. The Hall–Kier alpha value is -0.930. The molecular weight excluding hydrogens is 139 g/mol. The maximum Gasteiger partial charge on any atom is 0.349 e. The summed E-state index contributed by atoms with van der Waals surface area (Å²) in [6.07, 6.45) is -0.322. The molecule has 0 aliphatic rings. The Labute approximate surface area is 57.8 Å². The van der Waals surface area contributed by atoms with E-state index in [2.05, 4.69) is 0 Å². The van der Waals surface area contributed by atoms with Gasteiger partial charge >= 0.3 is 5.97 Å². The van der Waals surface area contributed by atoms with E-state index in [4.69, 9.17) is 5.11 Å². The van der Waals surface area contributed by atoms with Gasteiger partial charge in [-0.2, -0.15) is 0 Å². The van der Waals surface area contributed by atoms with Crippen LogP contribution in [-0.2, 0) is 9.59 Å². The number of rotatable bonds is 3. The van der Waals surface area contributed by atoms with Crippen LogP contribution in [0.3, 0.4) is 0 Å². The quantitative estimate of drug-likeness (QED) is 0.601. The van der Waals surface area contributed by atoms with Crippen molar-refractivity contribution in [2.75, 3.05) is 0 Å². The summed E-state index contributed by atoms with van der Waals surface area (Å²) < 4.78 is 12.8. The van der Waals surface area contributed by atoms with Gasteiger partial charge in [-0.05, 0) is 13.3 Å². The number of hydrogen-bond acceptors (Lipinski definition) is 2. The monoisotopic (exact) mass is 148 g/mol. The zero-order valence-corrected chi connectivity index (χ0v) is 5.85. The Morgan fingerprint density at radius 2 is 2.00 bits per heavy atom. The van der Waals surface area contributed by atoms with Crippen LogP contribution < -0.4 is 0 Å². The number of carbonyl (C=O) groups is 2. The van der Waals surface area contributed by atoms with Gasteiger partial charge in [0.15, 0.2) is 5.78 Å². The zero-order chi connectivity index (χ0) is 8.36. The van der Waals surface area contributed by atoms with E-state index in [1.165, 1.54) is 6.92 Å². The molecule has 0 aromatic rings. The lowest BCUT2D eigenvalue weighted by atomic mass is 9.99. The van der Waals surface area contributed by atoms with E-state index in [1.54, 1.807) is 0 Å². The van der Waals surface area contributed by atoms with Crippen LogP contribution >= 0.6 is 0 Å². The maximum atomic E-state index is 12.8. The van der Waals surface area contributed by atoms with Crippen molar-refractivity contribution in [3.8, 4) is 0 Å². The highest BCUT2D eigenvalue weighted by atomic mass is 19.1. The number of aliphatic carboxylic acids is 1. The number of carbonyl (C=O) groups excluding carboxylic acids is 1. The Morgan fingerprint density at radius 1 is 1.60 bits per heavy atom. The number of carboxylic acids is 1. The molecule has 58 valence electrons. The van der Waals surface area contributed by atoms with Crippen molar-refractivity contribution in [1.82, 2.24) is 0 Å². The molecule has 0 aromatic heterocycles. The van der Waals surface area contributed by atoms with Gasteiger partial charge in [-0.25, -0.2) is 9.18 Å². The summed E-state index contributed by atoms with van der Waals surface area (Å²) >= 11 is 0. The first-order valence-corrected chi connectivity index (χ1v) is 2.88. The van der Waals surface area contributed by atoms with Gasteiger partial charge in [-0.3, -0.25) is 4.79 Å². The highest BCUT2D eigenvalue weighted by Gasteiger charge is 2.41. The van der Waals surface area contributed by atoms with Gasteiger partial charge < -0.3 is 5.11 Å². The number of ketones is 1. The van der Waals surface area contributed by atoms with Crippen LogP contribution in [0.1, 0.15) is 20.3 Å². The summed E-state index contributed by atoms with van der Waals surface area (Å²) in [5, 5.41) is 8.21. The van der Waals surface area contributed by atoms with Crippen LogP contribution in [0, 0.1) is 0 Å². The molecule has 0 aromatic carbocycles. The molecule has 0 heterocycles. The highest BCUT2D eigenvalue weighted by Crippen LogP contribution is 2.16. The van der Waals surface area contributed by atoms with Crippen LogP contribution in [0.4, 0.5) is 4.39 Å². The SMILES string of the molecule is CCC(F)(C(C)=O)C(=O)O. The smallest absolute Gasteiger partial charge is 0.349 e. The fraction of sp³-hybridized carbons (Fsp3) is 0.667. The van der Waals surface area contributed by atoms with E-state index in [-0.39, 0.29) is 6.42 Å². The molecule has 0 radical (unpaired) electrons. The van der Waals surface area contributed by atoms with Gasteiger partial charge in [0, 0.05) is 0 Å². The summed E-state index contributed by atoms with van der Waals surface area (Å²) in [5.41, 5.74) is -2.68. The average molecular weight is 148 g/mol. The third-order valence-corrected chi connectivity index (χ3v) is 1.38. The van der Waals surface area contributed by atoms with Crippen LogP contribution in [0.2, 0.25) is 0 Å². The lowest BCUT2D eigenvalue weighted by Crippen LogP contribution is -2.39. The van der Waals surface area contributed by atoms with Gasteiger partial charge in [0.05, 0.1) is 0 Å². The second-order valence-electron chi connectivity index (χ2n) is 2.02. The van der Waals surface area contributed by atoms with Crippen LogP contribution in [0.5, 0.6) is 0 Å². The van der Waals surface area contributed by atoms with Crippen molar-refractivity contribution >= 4 is 11.8 Å². The Morgan fingerprint density at radius 3 is 2.00 bits per heavy atom. The number of carboxylic acid groups (broad SMARTS) is 1. The van der Waals surface area contributed by atoms with Gasteiger partial charge in [0.2, 0.25) is 0 Å². The van der Waals surface area contributed by atoms with E-state index >= 15 is 0 Å². The first kappa shape index (κ1) is 9.07. The van der Waals surface area contributed by atoms with Gasteiger partial charge in [-0.15, -0.1) is 0 Å². The Kier molecular flexibility index (Phi) is 2.51. The van der Waals surface area contributed by atoms with E-state index in [9.17, 15) is 14.0 Å². The van der Waals surface area contributed by atoms with Gasteiger partial charge in [0.25, 0.3) is 5.67 Å². The summed E-state index contributed by atoms with van der Waals surface area (Å²) in [6, 6.07) is 0. The van der Waals surface area contributed by atoms with Crippen molar-refractivity contribution in [3.63, 3.8) is 0 Å². The molecular formula is C6H9FO3. The first-order chi connectivity index (χ1) is 4.45. The van der Waals surface area contributed by atoms with Crippen molar-refractivity contribution in [2.24, 2.45) is 0 Å². The first-order valence-electron chi connectivity index (χ1n) is 2.88. The van der Waals surface area contributed by atoms with E-state index in [1.807, 2.05) is 0 Å². The summed E-state index contributed by atoms with van der Waals surface area (Å²) in [7, 11) is 0. The fourth-order valence-electron chi connectivity index (χ4n) is 0.551. The number of hydrogen-bond donors (Lipinski definition) is 1. The molecule has 0 fully saturated rings. The molecule has 1 N–H and O–H groups in total. The minimum Gasteiger partial charge on any atom is -0.479 e. The normalized spacial score (nSPS) is 15.9. The largest absolute Gasteiger partial charge is 0.479 e. The van der Waals surface area contributed by atoms with Crippen LogP contribution in [-0.4, -0.2) is 22.5 Å². The fourth-order valence-corrected chi connectivity index (χ4v) is 0.551. The predicted molar refractivity (Wildman–Crippen MR) is 32.4 cm³/mol. The molecule has 1 atom stereocenters. The minimum absolute atomic E-state index is 0.322. The van der Waals surface area contributed by atoms with Crippen molar-refractivity contribution in [3.05, 3.63) is 0 Å². The molecule has 0 saturated heterocycles. The average Bonchev–Trinajstić information content (AvgIpc) is 1.85. The highest BCUT2D eigenvalue weighted by molar-refractivity contribution is 6.05. The molecule has 0 aliphatic carbocycles. The Bertz CT molecular complexity index is 150. The lowest BCUT2D eigenvalue weighted by molar-refractivity contribution is -0.156. The molecule has 0 bridgehead atoms. The molecule has 0 spiro atoms. The van der Waals surface area contributed by atoms with Crippen LogP contribution in [0.15, 0.2) is 0 Å². The molecule has 0 aliphatic heterocycles. The summed E-state index contributed by atoms with van der Waals surface area (Å²) in [5.74, 6) is -2.66. The van der Waals surface area contributed by atoms with E-state index in [0.717, 1.165) is 6.92 Å². The summed E-state index contributed by atoms with van der Waals surface area (Å²) in [6.45, 7) is 2.24. The van der Waals surface area contributed by atoms with Crippen molar-refractivity contribution < 1.29 is 19.1 Å². The molecule has 0 saturated carbocycles. The van der Waals surface area contributed by atoms with Crippen LogP contribution in [0.25, 0.3) is 0 Å². The standard InChI is InChI=1S/C6H9FO3/c1-3-6(7,4(2)8)5(9)10/h3H2,1-2H3,(H,9,10). The third kappa shape index (κ3) is 1.32. The van der Waals surface area contributed by atoms with Crippen molar-refractivity contribution in [2.45, 2.75) is 25.9 Å².